The number of fused-ring (bicyclic) bond motifs is 2. The maximum atomic E-state index is 13.5. The first-order chi connectivity index (χ1) is 23.2. The highest BCUT2D eigenvalue weighted by Gasteiger charge is 2.52. The van der Waals surface area contributed by atoms with Gasteiger partial charge in [-0.3, -0.25) is 24.1 Å². The summed E-state index contributed by atoms with van der Waals surface area (Å²) in [5.41, 5.74) is 4.04. The molecule has 0 N–H and O–H groups in total. The van der Waals surface area contributed by atoms with E-state index in [9.17, 15) is 19.2 Å². The van der Waals surface area contributed by atoms with Gasteiger partial charge in [0.2, 0.25) is 0 Å². The maximum Gasteiger partial charge on any atom is 0.266 e. The number of ether oxygens (including phenoxy) is 2. The molecule has 4 aliphatic carbocycles. The number of benzene rings is 4. The molecule has 4 aromatic rings. The van der Waals surface area contributed by atoms with Gasteiger partial charge in [0.25, 0.3) is 23.6 Å². The zero-order chi connectivity index (χ0) is 32.9. The summed E-state index contributed by atoms with van der Waals surface area (Å²) >= 11 is 0. The van der Waals surface area contributed by atoms with Crippen LogP contribution in [0.4, 0.5) is 5.69 Å². The fourth-order valence-electron chi connectivity index (χ4n) is 9.40. The molecule has 10 rings (SSSR count). The molecule has 0 radical (unpaired) electrons. The molecule has 0 aromatic heterocycles. The minimum absolute atomic E-state index is 0.0444. The lowest BCUT2D eigenvalue weighted by Gasteiger charge is -2.57. The quantitative estimate of drug-likeness (QED) is 0.198. The van der Waals surface area contributed by atoms with E-state index in [4.69, 9.17) is 9.47 Å². The predicted molar refractivity (Wildman–Crippen MR) is 178 cm³/mol. The molecule has 4 aromatic carbocycles. The van der Waals surface area contributed by atoms with Crippen molar-refractivity contribution in [2.45, 2.75) is 50.9 Å². The number of carbonyl (C=O) groups is 4. The second-order valence-electron chi connectivity index (χ2n) is 14.4. The number of amides is 4. The van der Waals surface area contributed by atoms with Gasteiger partial charge in [-0.05, 0) is 135 Å². The Morgan fingerprint density at radius 2 is 1.08 bits per heavy atom. The summed E-state index contributed by atoms with van der Waals surface area (Å²) in [5.74, 6) is 3.05. The molecule has 4 fully saturated rings. The summed E-state index contributed by atoms with van der Waals surface area (Å²) in [7, 11) is 1.48. The van der Waals surface area contributed by atoms with E-state index in [2.05, 4.69) is 6.07 Å². The number of rotatable bonds is 6. The number of anilines is 1. The van der Waals surface area contributed by atoms with Crippen molar-refractivity contribution in [3.05, 3.63) is 112 Å². The topological polar surface area (TPSA) is 93.2 Å². The molecular formula is C40H34N2O6. The van der Waals surface area contributed by atoms with Crippen LogP contribution in [0.3, 0.4) is 0 Å². The monoisotopic (exact) mass is 638 g/mol. The second-order valence-corrected chi connectivity index (χ2v) is 14.4. The number of hydrogen-bond acceptors (Lipinski definition) is 6. The molecule has 8 nitrogen and oxygen atoms in total. The van der Waals surface area contributed by atoms with Crippen LogP contribution in [-0.4, -0.2) is 35.6 Å². The van der Waals surface area contributed by atoms with Gasteiger partial charge in [0.1, 0.15) is 23.0 Å². The van der Waals surface area contributed by atoms with E-state index in [1.807, 2.05) is 31.2 Å². The minimum Gasteiger partial charge on any atom is -0.457 e. The van der Waals surface area contributed by atoms with E-state index in [-0.39, 0.29) is 29.0 Å². The van der Waals surface area contributed by atoms with E-state index in [0.29, 0.717) is 68.7 Å². The van der Waals surface area contributed by atoms with Crippen LogP contribution in [0.2, 0.25) is 0 Å². The molecule has 4 bridgehead atoms. The Kier molecular flexibility index (Phi) is 6.26. The Morgan fingerprint density at radius 3 is 1.73 bits per heavy atom. The number of nitrogens with zero attached hydrogens (tertiary/aromatic N) is 2. The van der Waals surface area contributed by atoms with Crippen LogP contribution in [-0.2, 0) is 5.41 Å². The van der Waals surface area contributed by atoms with Gasteiger partial charge in [-0.15, -0.1) is 0 Å². The normalized spacial score (nSPS) is 25.2. The average Bonchev–Trinajstić information content (AvgIpc) is 3.44. The van der Waals surface area contributed by atoms with E-state index in [0.717, 1.165) is 35.3 Å². The van der Waals surface area contributed by atoms with Crippen LogP contribution in [0, 0.1) is 24.7 Å². The van der Waals surface area contributed by atoms with Gasteiger partial charge in [0, 0.05) is 12.6 Å². The smallest absolute Gasteiger partial charge is 0.266 e. The highest BCUT2D eigenvalue weighted by Crippen LogP contribution is 2.62. The molecule has 6 aliphatic rings. The Morgan fingerprint density at radius 1 is 0.583 bits per heavy atom. The predicted octanol–water partition coefficient (Wildman–Crippen LogP) is 8.07. The molecule has 0 atom stereocenters. The van der Waals surface area contributed by atoms with Gasteiger partial charge < -0.3 is 9.47 Å². The molecule has 240 valence electrons. The van der Waals surface area contributed by atoms with Crippen molar-refractivity contribution >= 4 is 29.3 Å². The highest BCUT2D eigenvalue weighted by atomic mass is 16.5. The highest BCUT2D eigenvalue weighted by molar-refractivity contribution is 6.34. The van der Waals surface area contributed by atoms with Crippen LogP contribution < -0.4 is 14.4 Å². The first-order valence-corrected chi connectivity index (χ1v) is 16.7. The Bertz CT molecular complexity index is 2050. The lowest BCUT2D eigenvalue weighted by Crippen LogP contribution is -2.48. The summed E-state index contributed by atoms with van der Waals surface area (Å²) < 4.78 is 13.0. The number of imide groups is 2. The number of carbonyl (C=O) groups excluding carboxylic acids is 4. The molecular weight excluding hydrogens is 604 g/mol. The number of hydrogen-bond donors (Lipinski definition) is 0. The van der Waals surface area contributed by atoms with Crippen molar-refractivity contribution in [1.82, 2.24) is 4.90 Å². The molecule has 0 unspecified atom stereocenters. The van der Waals surface area contributed by atoms with Crippen LogP contribution in [0.5, 0.6) is 23.0 Å². The van der Waals surface area contributed by atoms with Crippen molar-refractivity contribution in [3.63, 3.8) is 0 Å². The van der Waals surface area contributed by atoms with E-state index in [1.54, 1.807) is 48.5 Å². The second kappa shape index (κ2) is 10.4. The van der Waals surface area contributed by atoms with Crippen LogP contribution >= 0.6 is 0 Å². The van der Waals surface area contributed by atoms with Crippen LogP contribution in [0.25, 0.3) is 0 Å². The van der Waals surface area contributed by atoms with Crippen molar-refractivity contribution in [2.75, 3.05) is 11.9 Å². The first-order valence-electron chi connectivity index (χ1n) is 16.7. The van der Waals surface area contributed by atoms with Gasteiger partial charge in [-0.25, -0.2) is 4.90 Å². The minimum atomic E-state index is -0.366. The lowest BCUT2D eigenvalue weighted by atomic mass is 9.48. The van der Waals surface area contributed by atoms with Crippen LogP contribution in [0.1, 0.15) is 91.1 Å². The Balaban J connectivity index is 1.06. The molecule has 48 heavy (non-hydrogen) atoms. The third-order valence-electron chi connectivity index (χ3n) is 11.2. The average molecular weight is 639 g/mol. The Labute approximate surface area is 278 Å². The summed E-state index contributed by atoms with van der Waals surface area (Å²) in [5, 5.41) is 0. The van der Waals surface area contributed by atoms with Crippen molar-refractivity contribution in [1.29, 1.82) is 0 Å². The van der Waals surface area contributed by atoms with E-state index >= 15 is 0 Å². The summed E-state index contributed by atoms with van der Waals surface area (Å²) in [4.78, 5) is 54.2. The fraction of sp³-hybridized carbons (Fsp3) is 0.300. The Hall–Kier alpha value is -5.24. The molecule has 2 heterocycles. The van der Waals surface area contributed by atoms with Crippen molar-refractivity contribution < 1.29 is 28.7 Å². The first kappa shape index (κ1) is 28.9. The maximum absolute atomic E-state index is 13.5. The fourth-order valence-corrected chi connectivity index (χ4v) is 9.40. The molecule has 4 amide bonds. The van der Waals surface area contributed by atoms with Gasteiger partial charge >= 0.3 is 0 Å². The van der Waals surface area contributed by atoms with Gasteiger partial charge in [-0.2, -0.15) is 0 Å². The third-order valence-corrected chi connectivity index (χ3v) is 11.2. The summed E-state index contributed by atoms with van der Waals surface area (Å²) in [6, 6.07) is 23.3. The zero-order valence-corrected chi connectivity index (χ0v) is 26.8. The van der Waals surface area contributed by atoms with E-state index in [1.165, 1.54) is 31.2 Å². The molecule has 4 saturated carbocycles. The molecule has 2 aliphatic heterocycles. The zero-order valence-electron chi connectivity index (χ0n) is 26.8. The van der Waals surface area contributed by atoms with E-state index < -0.39 is 0 Å². The molecule has 0 saturated heterocycles. The summed E-state index contributed by atoms with van der Waals surface area (Å²) in [6.45, 7) is 1.96. The molecule has 0 spiro atoms. The van der Waals surface area contributed by atoms with Crippen molar-refractivity contribution in [2.24, 2.45) is 17.8 Å². The van der Waals surface area contributed by atoms with Gasteiger partial charge in [-0.1, -0.05) is 17.7 Å². The lowest BCUT2D eigenvalue weighted by molar-refractivity contribution is -0.00606. The molecule has 8 heteroatoms. The number of aryl methyl sites for hydroxylation is 1. The SMILES string of the molecule is Cc1ccc(N2C(=O)c3ccc(Oc4ccc(Oc5ccc6c(c5)C(=O)N(C)C6=O)cc4C45CC6CC(CC(C6)C4)C5)cc3C2=O)cc1. The van der Waals surface area contributed by atoms with Gasteiger partial charge in [0.05, 0.1) is 27.9 Å². The van der Waals surface area contributed by atoms with Crippen LogP contribution in [0.15, 0.2) is 78.9 Å². The largest absolute Gasteiger partial charge is 0.457 e. The van der Waals surface area contributed by atoms with Crippen molar-refractivity contribution in [3.8, 4) is 23.0 Å². The summed E-state index contributed by atoms with van der Waals surface area (Å²) in [6.07, 6.45) is 7.18. The third kappa shape index (κ3) is 4.42. The van der Waals surface area contributed by atoms with Gasteiger partial charge in [0.15, 0.2) is 0 Å². The standard InChI is InChI=1S/C40H34N2O6/c1-22-3-5-26(6-4-22)42-38(45)31-11-8-28(17-33(31)39(42)46)48-35-12-9-29(47-27-7-10-30-32(16-27)37(44)41(2)36(30)43)18-34(35)40-19-23-13-24(20-40)15-25(14-23)21-40/h3-12,16-18,23-25H,13-15,19-21H2,1-2H3.